The molecule has 4 aliphatic rings. The fraction of sp³-hybridized carbons (Fsp3) is 0.439. The van der Waals surface area contributed by atoms with Crippen molar-refractivity contribution in [2.24, 2.45) is 0 Å². The second-order valence-corrected chi connectivity index (χ2v) is 21.9. The Balaban J connectivity index is 1.02. The summed E-state index contributed by atoms with van der Waals surface area (Å²) in [5, 5.41) is 76.6. The molecule has 21 heteroatoms. The van der Waals surface area contributed by atoms with Crippen LogP contribution in [0.1, 0.15) is 33.4 Å². The summed E-state index contributed by atoms with van der Waals surface area (Å²) in [7, 11) is 0. The molecule has 7 N–H and O–H groups in total. The van der Waals surface area contributed by atoms with Gasteiger partial charge in [0.15, 0.2) is 18.9 Å². The number of ether oxygens (including phenoxy) is 12. The van der Waals surface area contributed by atoms with E-state index in [1.54, 1.807) is 4.90 Å². The van der Waals surface area contributed by atoms with Gasteiger partial charge in [-0.15, -0.1) is 0 Å². The summed E-state index contributed by atoms with van der Waals surface area (Å²) in [4.78, 5) is 16.2. The number of carbonyl (C=O) groups is 1. The third kappa shape index (κ3) is 16.8. The molecule has 21 nitrogen and oxygen atoms in total. The number of hydrogen-bond donors (Lipinski definition) is 7. The smallest absolute Gasteiger partial charge is 0.410 e. The van der Waals surface area contributed by atoms with Gasteiger partial charge in [-0.05, 0) is 33.4 Å². The molecule has 4 aliphatic heterocycles. The molecule has 6 aromatic rings. The van der Waals surface area contributed by atoms with Crippen molar-refractivity contribution in [3.63, 3.8) is 0 Å². The number of rotatable bonds is 27. The van der Waals surface area contributed by atoms with Gasteiger partial charge in [-0.1, -0.05) is 182 Å². The van der Waals surface area contributed by atoms with Gasteiger partial charge in [-0.25, -0.2) is 4.79 Å². The Morgan fingerprint density at radius 2 is 0.793 bits per heavy atom. The van der Waals surface area contributed by atoms with Crippen molar-refractivity contribution in [3.8, 4) is 0 Å². The summed E-state index contributed by atoms with van der Waals surface area (Å²) in [6.45, 7) is -1.39. The molecule has 87 heavy (non-hydrogen) atoms. The van der Waals surface area contributed by atoms with Crippen LogP contribution in [0.15, 0.2) is 182 Å². The lowest BCUT2D eigenvalue weighted by Gasteiger charge is -2.50. The van der Waals surface area contributed by atoms with E-state index in [1.807, 2.05) is 182 Å². The first-order chi connectivity index (χ1) is 42.5. The van der Waals surface area contributed by atoms with E-state index in [2.05, 4.69) is 0 Å². The van der Waals surface area contributed by atoms with Crippen LogP contribution in [0.25, 0.3) is 0 Å². The van der Waals surface area contributed by atoms with Gasteiger partial charge in [-0.3, -0.25) is 4.90 Å². The average molecular weight is 1200 g/mol. The van der Waals surface area contributed by atoms with Crippen LogP contribution >= 0.6 is 0 Å². The molecule has 0 aromatic heterocycles. The maximum atomic E-state index is 14.6. The monoisotopic (exact) mass is 1200 g/mol. The minimum Gasteiger partial charge on any atom is -0.445 e. The van der Waals surface area contributed by atoms with Crippen molar-refractivity contribution in [2.45, 2.75) is 150 Å². The van der Waals surface area contributed by atoms with Crippen molar-refractivity contribution in [1.82, 2.24) is 4.90 Å². The number of nitrogens with zero attached hydrogens (tertiary/aromatic N) is 1. The Bertz CT molecular complexity index is 2930. The molecule has 466 valence electrons. The number of amides is 1. The minimum absolute atomic E-state index is 0.00715. The van der Waals surface area contributed by atoms with E-state index in [1.165, 1.54) is 0 Å². The Morgan fingerprint density at radius 1 is 0.391 bits per heavy atom. The summed E-state index contributed by atoms with van der Waals surface area (Å²) in [5.74, 6) is 0. The summed E-state index contributed by atoms with van der Waals surface area (Å²) >= 11 is 0. The van der Waals surface area contributed by atoms with Crippen LogP contribution in [0.5, 0.6) is 0 Å². The molecular weight excluding hydrogens is 1130 g/mol. The fourth-order valence-electron chi connectivity index (χ4n) is 11.1. The molecule has 0 saturated carbocycles. The molecule has 10 rings (SSSR count). The first kappa shape index (κ1) is 63.9. The molecule has 0 radical (unpaired) electrons. The Morgan fingerprint density at radius 3 is 1.30 bits per heavy atom. The molecule has 0 aliphatic carbocycles. The summed E-state index contributed by atoms with van der Waals surface area (Å²) in [6, 6.07) is 55.9. The summed E-state index contributed by atoms with van der Waals surface area (Å²) < 4.78 is 79.0. The predicted molar refractivity (Wildman–Crippen MR) is 309 cm³/mol. The number of likely N-dealkylation sites (tertiary alicyclic amines) is 1. The van der Waals surface area contributed by atoms with E-state index in [-0.39, 0.29) is 59.4 Å². The zero-order chi connectivity index (χ0) is 60.5. The van der Waals surface area contributed by atoms with Crippen LogP contribution in [0, 0.1) is 0 Å². The molecule has 4 saturated heterocycles. The third-order valence-corrected chi connectivity index (χ3v) is 15.8. The first-order valence-electron chi connectivity index (χ1n) is 29.3. The molecule has 1 amide bonds. The predicted octanol–water partition coefficient (Wildman–Crippen LogP) is 4.32. The van der Waals surface area contributed by atoms with Gasteiger partial charge in [0.25, 0.3) is 0 Å². The number of aliphatic hydroxyl groups is 7. The molecule has 0 unspecified atom stereocenters. The Kier molecular flexibility index (Phi) is 23.4. The minimum atomic E-state index is -1.95. The van der Waals surface area contributed by atoms with E-state index in [9.17, 15) is 40.5 Å². The third-order valence-electron chi connectivity index (χ3n) is 15.8. The molecule has 18 atom stereocenters. The van der Waals surface area contributed by atoms with Crippen LogP contribution in [0.4, 0.5) is 4.79 Å². The normalized spacial score (nSPS) is 30.9. The van der Waals surface area contributed by atoms with E-state index in [0.29, 0.717) is 0 Å². The van der Waals surface area contributed by atoms with Crippen molar-refractivity contribution in [2.75, 3.05) is 33.0 Å². The molecular formula is C66H77NO20. The number of carbonyl (C=O) groups excluding carboxylic acids is 1. The van der Waals surface area contributed by atoms with E-state index >= 15 is 0 Å². The van der Waals surface area contributed by atoms with Crippen molar-refractivity contribution < 1.29 is 97.4 Å². The second-order valence-electron chi connectivity index (χ2n) is 21.9. The SMILES string of the molecule is O=C(OCc1ccccc1)N1C[C@H](OCc2ccccc2)[C@H](O[C@H]2O[C@H](COCc3ccccc3)[C@@H](O[C@@H]3O[C@H](CO)[C@@H](O[C@@H]4O[C@H](CO)[C@@H](O)[C@H](O)[C@H]4O)[C@H](O)[C@H]3O)[C@H](OCc3ccccc3)[C@H]2OCc2ccccc2)[C@@H]1COCc1ccccc1. The number of aliphatic hydroxyl groups excluding tert-OH is 7. The molecule has 4 heterocycles. The zero-order valence-corrected chi connectivity index (χ0v) is 47.9. The van der Waals surface area contributed by atoms with Crippen LogP contribution in [-0.2, 0) is 96.5 Å². The maximum absolute atomic E-state index is 14.6. The highest BCUT2D eigenvalue weighted by Crippen LogP contribution is 2.38. The van der Waals surface area contributed by atoms with Gasteiger partial charge in [-0.2, -0.15) is 0 Å². The number of benzene rings is 6. The van der Waals surface area contributed by atoms with Gasteiger partial charge in [0, 0.05) is 0 Å². The first-order valence-corrected chi connectivity index (χ1v) is 29.3. The largest absolute Gasteiger partial charge is 0.445 e. The standard InChI is InChI=1S/C66H77NO20/c68-32-50-53(70)54(71)56(73)63(82-50)86-59-51(33-69)83-64(57(74)55(59)72)87-60-52(41-77-35-43-21-9-2-10-22-43)84-65(62(80-38-46-27-15-5-16-28-46)61(60)79-37-45-25-13-4-14-26-45)85-58-48(40-76-34-42-19-7-1-8-20-42)67(66(75)81-39-47-29-17-6-18-30-47)31-49(58)78-36-44-23-11-3-12-24-44/h1-30,48-65,68-74H,31-41H2/t48-,49-,50+,51+,52+,53+,54-,55+,56+,57+,58+,59+,60+,61-,62+,63-,64-,65+/m0/s1. The fourth-order valence-corrected chi connectivity index (χ4v) is 11.1. The Hall–Kier alpha value is -6.13. The molecule has 0 bridgehead atoms. The second kappa shape index (κ2) is 31.9. The van der Waals surface area contributed by atoms with E-state index < -0.39 is 130 Å². The van der Waals surface area contributed by atoms with Gasteiger partial charge in [0.1, 0.15) is 92.1 Å². The van der Waals surface area contributed by atoms with E-state index in [4.69, 9.17) is 56.8 Å². The van der Waals surface area contributed by atoms with Crippen molar-refractivity contribution in [1.29, 1.82) is 0 Å². The van der Waals surface area contributed by atoms with Crippen LogP contribution in [-0.4, -0.2) is 190 Å². The average Bonchev–Trinajstić information content (AvgIpc) is 2.37. The van der Waals surface area contributed by atoms with Gasteiger partial charge in [0.2, 0.25) is 0 Å². The highest BCUT2D eigenvalue weighted by atomic mass is 16.8. The van der Waals surface area contributed by atoms with Gasteiger partial charge < -0.3 is 92.6 Å². The molecule has 6 aromatic carbocycles. The van der Waals surface area contributed by atoms with Gasteiger partial charge >= 0.3 is 6.09 Å². The summed E-state index contributed by atoms with van der Waals surface area (Å²) in [5.41, 5.74) is 4.94. The lowest BCUT2D eigenvalue weighted by Crippen LogP contribution is -2.67. The highest BCUT2D eigenvalue weighted by Gasteiger charge is 2.57. The lowest BCUT2D eigenvalue weighted by atomic mass is 9.95. The molecule has 0 spiro atoms. The highest BCUT2D eigenvalue weighted by molar-refractivity contribution is 5.69. The quantitative estimate of drug-likeness (QED) is 0.0378. The van der Waals surface area contributed by atoms with Crippen LogP contribution < -0.4 is 0 Å². The lowest BCUT2D eigenvalue weighted by molar-refractivity contribution is -0.387. The zero-order valence-electron chi connectivity index (χ0n) is 47.9. The summed E-state index contributed by atoms with van der Waals surface area (Å²) in [6.07, 6.45) is -26.1. The van der Waals surface area contributed by atoms with Crippen LogP contribution in [0.3, 0.4) is 0 Å². The Labute approximate surface area is 504 Å². The topological polar surface area (TPSA) is 273 Å². The number of hydrogen-bond acceptors (Lipinski definition) is 20. The van der Waals surface area contributed by atoms with Crippen molar-refractivity contribution in [3.05, 3.63) is 215 Å². The van der Waals surface area contributed by atoms with Crippen LogP contribution in [0.2, 0.25) is 0 Å². The van der Waals surface area contributed by atoms with E-state index in [0.717, 1.165) is 33.4 Å². The maximum Gasteiger partial charge on any atom is 0.410 e. The van der Waals surface area contributed by atoms with Gasteiger partial charge in [0.05, 0.1) is 72.0 Å². The van der Waals surface area contributed by atoms with Crippen molar-refractivity contribution >= 4 is 6.09 Å². The molecule has 4 fully saturated rings.